The van der Waals surface area contributed by atoms with Crippen molar-refractivity contribution in [3.63, 3.8) is 0 Å². The Morgan fingerprint density at radius 2 is 1.82 bits per heavy atom. The maximum Gasteiger partial charge on any atom is 0.185 e. The molecule has 2 heterocycles. The summed E-state index contributed by atoms with van der Waals surface area (Å²) in [6.45, 7) is 10.5. The normalized spacial score (nSPS) is 18.8. The van der Waals surface area contributed by atoms with E-state index < -0.39 is 0 Å². The van der Waals surface area contributed by atoms with Gasteiger partial charge in [-0.25, -0.2) is 4.98 Å². The predicted molar refractivity (Wildman–Crippen MR) is 73.8 cm³/mol. The summed E-state index contributed by atoms with van der Waals surface area (Å²) in [6.07, 6.45) is 0. The van der Waals surface area contributed by atoms with Crippen molar-refractivity contribution in [2.75, 3.05) is 38.1 Å². The van der Waals surface area contributed by atoms with Crippen LogP contribution in [-0.2, 0) is 5.54 Å². The summed E-state index contributed by atoms with van der Waals surface area (Å²) in [4.78, 5) is 10.6. The number of thiazole rings is 1. The number of anilines is 1. The molecular weight excluding hydrogens is 232 g/mol. The third-order valence-corrected chi connectivity index (χ3v) is 4.70. The van der Waals surface area contributed by atoms with Gasteiger partial charge in [0.15, 0.2) is 5.13 Å². The maximum atomic E-state index is 6.17. The standard InChI is InChI=1S/C12H22N4S/c1-9-10(12(2,3)13)17-11(14-9)16-7-5-15(4)6-8-16/h5-8,13H2,1-4H3. The highest BCUT2D eigenvalue weighted by atomic mass is 32.1. The second-order valence-electron chi connectivity index (χ2n) is 5.42. The minimum Gasteiger partial charge on any atom is -0.346 e. The van der Waals surface area contributed by atoms with E-state index >= 15 is 0 Å². The number of hydrogen-bond donors (Lipinski definition) is 1. The minimum absolute atomic E-state index is 0.285. The summed E-state index contributed by atoms with van der Waals surface area (Å²) < 4.78 is 0. The largest absolute Gasteiger partial charge is 0.346 e. The predicted octanol–water partition coefficient (Wildman–Crippen LogP) is 1.40. The first-order valence-corrected chi connectivity index (χ1v) is 6.90. The summed E-state index contributed by atoms with van der Waals surface area (Å²) in [5.41, 5.74) is 6.96. The van der Waals surface area contributed by atoms with E-state index in [-0.39, 0.29) is 5.54 Å². The Labute approximate surface area is 107 Å². The number of nitrogens with two attached hydrogens (primary N) is 1. The van der Waals surface area contributed by atoms with Gasteiger partial charge >= 0.3 is 0 Å². The zero-order valence-corrected chi connectivity index (χ0v) is 12.0. The zero-order chi connectivity index (χ0) is 12.6. The second kappa shape index (κ2) is 4.55. The maximum absolute atomic E-state index is 6.17. The molecule has 17 heavy (non-hydrogen) atoms. The molecule has 0 spiro atoms. The summed E-state index contributed by atoms with van der Waals surface area (Å²) in [5.74, 6) is 0. The van der Waals surface area contributed by atoms with Crippen molar-refractivity contribution < 1.29 is 0 Å². The van der Waals surface area contributed by atoms with Crippen LogP contribution in [-0.4, -0.2) is 43.1 Å². The van der Waals surface area contributed by atoms with Crippen LogP contribution in [0.1, 0.15) is 24.4 Å². The van der Waals surface area contributed by atoms with Gasteiger partial charge in [0.25, 0.3) is 0 Å². The molecule has 4 nitrogen and oxygen atoms in total. The van der Waals surface area contributed by atoms with Crippen LogP contribution in [0.5, 0.6) is 0 Å². The van der Waals surface area contributed by atoms with E-state index in [1.807, 2.05) is 13.8 Å². The molecule has 1 aromatic rings. The molecule has 0 unspecified atom stereocenters. The van der Waals surface area contributed by atoms with Crippen LogP contribution in [0.25, 0.3) is 0 Å². The van der Waals surface area contributed by atoms with Crippen molar-refractivity contribution in [2.45, 2.75) is 26.3 Å². The lowest BCUT2D eigenvalue weighted by Gasteiger charge is -2.32. The van der Waals surface area contributed by atoms with Crippen LogP contribution in [0.3, 0.4) is 0 Å². The fourth-order valence-corrected chi connectivity index (χ4v) is 3.25. The molecule has 1 saturated heterocycles. The average molecular weight is 254 g/mol. The van der Waals surface area contributed by atoms with E-state index in [0.717, 1.165) is 37.0 Å². The van der Waals surface area contributed by atoms with Gasteiger partial charge in [-0.2, -0.15) is 0 Å². The van der Waals surface area contributed by atoms with Crippen LogP contribution in [0.2, 0.25) is 0 Å². The minimum atomic E-state index is -0.285. The number of nitrogens with zero attached hydrogens (tertiary/aromatic N) is 3. The fraction of sp³-hybridized carbons (Fsp3) is 0.750. The molecule has 0 saturated carbocycles. The van der Waals surface area contributed by atoms with Gasteiger partial charge in [-0.1, -0.05) is 11.3 Å². The first-order chi connectivity index (χ1) is 7.88. The third-order valence-electron chi connectivity index (χ3n) is 3.14. The monoisotopic (exact) mass is 254 g/mol. The Bertz CT molecular complexity index is 386. The van der Waals surface area contributed by atoms with Gasteiger partial charge in [-0.05, 0) is 27.8 Å². The van der Waals surface area contributed by atoms with Gasteiger partial charge in [0.2, 0.25) is 0 Å². The number of rotatable bonds is 2. The summed E-state index contributed by atoms with van der Waals surface area (Å²) in [6, 6.07) is 0. The van der Waals surface area contributed by atoms with E-state index in [9.17, 15) is 0 Å². The molecule has 1 fully saturated rings. The highest BCUT2D eigenvalue weighted by Gasteiger charge is 2.24. The molecule has 2 rings (SSSR count). The number of piperazine rings is 1. The van der Waals surface area contributed by atoms with Crippen molar-refractivity contribution in [2.24, 2.45) is 5.73 Å². The number of aromatic nitrogens is 1. The molecule has 1 aliphatic rings. The lowest BCUT2D eigenvalue weighted by Crippen LogP contribution is -2.44. The molecule has 0 aromatic carbocycles. The molecule has 2 N–H and O–H groups in total. The molecule has 1 aromatic heterocycles. The van der Waals surface area contributed by atoms with Gasteiger partial charge in [-0.3, -0.25) is 0 Å². The number of hydrogen-bond acceptors (Lipinski definition) is 5. The van der Waals surface area contributed by atoms with Crippen molar-refractivity contribution in [1.29, 1.82) is 0 Å². The van der Waals surface area contributed by atoms with Crippen LogP contribution in [0.15, 0.2) is 0 Å². The molecule has 0 bridgehead atoms. The molecule has 0 atom stereocenters. The van der Waals surface area contributed by atoms with Gasteiger partial charge in [0.05, 0.1) is 5.69 Å². The Morgan fingerprint density at radius 1 is 1.24 bits per heavy atom. The lowest BCUT2D eigenvalue weighted by atomic mass is 10.0. The van der Waals surface area contributed by atoms with E-state index in [4.69, 9.17) is 5.73 Å². The van der Waals surface area contributed by atoms with Crippen molar-refractivity contribution in [1.82, 2.24) is 9.88 Å². The van der Waals surface area contributed by atoms with E-state index in [2.05, 4.69) is 28.8 Å². The van der Waals surface area contributed by atoms with Crippen LogP contribution in [0.4, 0.5) is 5.13 Å². The highest BCUT2D eigenvalue weighted by molar-refractivity contribution is 7.15. The quantitative estimate of drug-likeness (QED) is 0.866. The zero-order valence-electron chi connectivity index (χ0n) is 11.2. The summed E-state index contributed by atoms with van der Waals surface area (Å²) >= 11 is 1.75. The van der Waals surface area contributed by atoms with Crippen LogP contribution < -0.4 is 10.6 Å². The van der Waals surface area contributed by atoms with Gasteiger partial charge < -0.3 is 15.5 Å². The number of likely N-dealkylation sites (N-methyl/N-ethyl adjacent to an activating group) is 1. The van der Waals surface area contributed by atoms with Gasteiger partial charge in [0, 0.05) is 36.6 Å². The Morgan fingerprint density at radius 3 is 2.29 bits per heavy atom. The molecule has 5 heteroatoms. The third kappa shape index (κ3) is 2.78. The van der Waals surface area contributed by atoms with Crippen molar-refractivity contribution >= 4 is 16.5 Å². The van der Waals surface area contributed by atoms with Crippen LogP contribution >= 0.6 is 11.3 Å². The van der Waals surface area contributed by atoms with Crippen molar-refractivity contribution in [3.05, 3.63) is 10.6 Å². The van der Waals surface area contributed by atoms with Gasteiger partial charge in [-0.15, -0.1) is 0 Å². The van der Waals surface area contributed by atoms with Crippen LogP contribution in [0, 0.1) is 6.92 Å². The Balaban J connectivity index is 2.18. The Kier molecular flexibility index (Phi) is 3.43. The molecule has 1 aliphatic heterocycles. The second-order valence-corrected chi connectivity index (χ2v) is 6.40. The first-order valence-electron chi connectivity index (χ1n) is 6.08. The molecule has 96 valence electrons. The SMILES string of the molecule is Cc1nc(N2CCN(C)CC2)sc1C(C)(C)N. The van der Waals surface area contributed by atoms with E-state index in [1.165, 1.54) is 4.88 Å². The average Bonchev–Trinajstić information content (AvgIpc) is 2.61. The molecular formula is C12H22N4S. The topological polar surface area (TPSA) is 45.4 Å². The molecule has 0 aliphatic carbocycles. The smallest absolute Gasteiger partial charge is 0.185 e. The van der Waals surface area contributed by atoms with Crippen molar-refractivity contribution in [3.8, 4) is 0 Å². The van der Waals surface area contributed by atoms with Gasteiger partial charge in [0.1, 0.15) is 0 Å². The molecule has 0 amide bonds. The van der Waals surface area contributed by atoms with E-state index in [1.54, 1.807) is 11.3 Å². The summed E-state index contributed by atoms with van der Waals surface area (Å²) in [7, 11) is 2.17. The number of aryl methyl sites for hydroxylation is 1. The first kappa shape index (κ1) is 12.8. The highest BCUT2D eigenvalue weighted by Crippen LogP contribution is 2.32. The Hall–Kier alpha value is -0.650. The fourth-order valence-electron chi connectivity index (χ4n) is 2.11. The van der Waals surface area contributed by atoms with E-state index in [0.29, 0.717) is 0 Å². The molecule has 0 radical (unpaired) electrons. The summed E-state index contributed by atoms with van der Waals surface area (Å²) in [5, 5.41) is 1.13. The lowest BCUT2D eigenvalue weighted by molar-refractivity contribution is 0.312.